The van der Waals surface area contributed by atoms with Gasteiger partial charge in [-0.15, -0.1) is 16.8 Å². The zero-order chi connectivity index (χ0) is 16.6. The fourth-order valence-corrected chi connectivity index (χ4v) is 3.03. The van der Waals surface area contributed by atoms with Crippen molar-refractivity contribution in [3.63, 3.8) is 0 Å². The molecule has 0 atom stereocenters. The van der Waals surface area contributed by atoms with E-state index in [1.807, 2.05) is 36.4 Å². The molecule has 120 valence electrons. The Morgan fingerprint density at radius 1 is 1.04 bits per heavy atom. The maximum absolute atomic E-state index is 4.33. The van der Waals surface area contributed by atoms with E-state index in [4.69, 9.17) is 0 Å². The Labute approximate surface area is 146 Å². The van der Waals surface area contributed by atoms with Gasteiger partial charge in [-0.05, 0) is 17.7 Å². The van der Waals surface area contributed by atoms with Gasteiger partial charge in [0.1, 0.15) is 0 Å². The van der Waals surface area contributed by atoms with Crippen LogP contribution in [0.2, 0.25) is 0 Å². The number of pyridine rings is 1. The quantitative estimate of drug-likeness (QED) is 0.476. The van der Waals surface area contributed by atoms with E-state index in [-0.39, 0.29) is 0 Å². The van der Waals surface area contributed by atoms with Crippen LogP contribution in [-0.2, 0) is 6.54 Å². The minimum absolute atomic E-state index is 0.676. The number of nitrogens with zero attached hydrogens (tertiary/aromatic N) is 4. The third-order valence-electron chi connectivity index (χ3n) is 3.39. The Hall–Kier alpha value is -2.66. The van der Waals surface area contributed by atoms with Crippen molar-refractivity contribution in [2.24, 2.45) is 0 Å². The number of thioether (sulfide) groups is 1. The molecule has 0 saturated heterocycles. The predicted octanol–water partition coefficient (Wildman–Crippen LogP) is 4.33. The zero-order valence-corrected chi connectivity index (χ0v) is 14.1. The minimum atomic E-state index is 0.676. The molecule has 0 amide bonds. The Bertz CT molecular complexity index is 810. The van der Waals surface area contributed by atoms with E-state index < -0.39 is 0 Å². The average Bonchev–Trinajstić information content (AvgIpc) is 3.03. The van der Waals surface area contributed by atoms with Crippen molar-refractivity contribution in [2.75, 3.05) is 5.75 Å². The standard InChI is InChI=1S/C19H18N4S/c1-2-14-23-18(17-10-12-20-13-11-17)21-22-19(23)24-15-6-9-16-7-4-3-5-8-16/h2-13H,1,14-15H2/b9-6+. The number of hydrogen-bond acceptors (Lipinski definition) is 4. The summed E-state index contributed by atoms with van der Waals surface area (Å²) in [5.74, 6) is 1.67. The largest absolute Gasteiger partial charge is 0.298 e. The molecule has 0 radical (unpaired) electrons. The van der Waals surface area contributed by atoms with Crippen LogP contribution >= 0.6 is 11.8 Å². The molecular weight excluding hydrogens is 316 g/mol. The van der Waals surface area contributed by atoms with Crippen molar-refractivity contribution in [3.05, 3.63) is 79.2 Å². The van der Waals surface area contributed by atoms with Crippen LogP contribution in [0, 0.1) is 0 Å². The summed E-state index contributed by atoms with van der Waals surface area (Å²) in [6, 6.07) is 14.1. The second-order valence-electron chi connectivity index (χ2n) is 5.07. The molecule has 0 spiro atoms. The maximum Gasteiger partial charge on any atom is 0.192 e. The van der Waals surface area contributed by atoms with Gasteiger partial charge in [-0.1, -0.05) is 60.3 Å². The van der Waals surface area contributed by atoms with Gasteiger partial charge in [-0.2, -0.15) is 0 Å². The lowest BCUT2D eigenvalue weighted by atomic mass is 10.2. The van der Waals surface area contributed by atoms with Crippen LogP contribution in [0.1, 0.15) is 5.56 Å². The summed E-state index contributed by atoms with van der Waals surface area (Å²) in [6.07, 6.45) is 9.64. The molecule has 2 heterocycles. The molecule has 4 nitrogen and oxygen atoms in total. The van der Waals surface area contributed by atoms with Crippen LogP contribution in [0.25, 0.3) is 17.5 Å². The Kier molecular flexibility index (Phi) is 5.58. The summed E-state index contributed by atoms with van der Waals surface area (Å²) < 4.78 is 2.07. The van der Waals surface area contributed by atoms with E-state index >= 15 is 0 Å². The van der Waals surface area contributed by atoms with Crippen molar-refractivity contribution >= 4 is 17.8 Å². The van der Waals surface area contributed by atoms with Crippen molar-refractivity contribution in [1.82, 2.24) is 19.7 Å². The first-order valence-electron chi connectivity index (χ1n) is 7.67. The van der Waals surface area contributed by atoms with Crippen molar-refractivity contribution < 1.29 is 0 Å². The molecule has 0 aliphatic heterocycles. The van der Waals surface area contributed by atoms with Crippen LogP contribution in [0.4, 0.5) is 0 Å². The Morgan fingerprint density at radius 3 is 2.58 bits per heavy atom. The highest BCUT2D eigenvalue weighted by molar-refractivity contribution is 7.99. The summed E-state index contributed by atoms with van der Waals surface area (Å²) in [4.78, 5) is 4.05. The highest BCUT2D eigenvalue weighted by Gasteiger charge is 2.12. The molecule has 0 aliphatic rings. The van der Waals surface area contributed by atoms with Crippen LogP contribution in [0.3, 0.4) is 0 Å². The van der Waals surface area contributed by atoms with Crippen molar-refractivity contribution in [2.45, 2.75) is 11.7 Å². The fraction of sp³-hybridized carbons (Fsp3) is 0.105. The molecule has 1 aromatic carbocycles. The highest BCUT2D eigenvalue weighted by atomic mass is 32.2. The predicted molar refractivity (Wildman–Crippen MR) is 99.7 cm³/mol. The summed E-state index contributed by atoms with van der Waals surface area (Å²) in [7, 11) is 0. The molecular formula is C19H18N4S. The van der Waals surface area contributed by atoms with Gasteiger partial charge in [0.05, 0.1) is 0 Å². The lowest BCUT2D eigenvalue weighted by molar-refractivity contribution is 0.732. The number of hydrogen-bond donors (Lipinski definition) is 0. The Balaban J connectivity index is 1.73. The number of rotatable bonds is 7. The first-order valence-corrected chi connectivity index (χ1v) is 8.66. The lowest BCUT2D eigenvalue weighted by Crippen LogP contribution is -2.00. The van der Waals surface area contributed by atoms with Crippen LogP contribution in [0.5, 0.6) is 0 Å². The summed E-state index contributed by atoms with van der Waals surface area (Å²) >= 11 is 1.66. The number of benzene rings is 1. The zero-order valence-electron chi connectivity index (χ0n) is 13.2. The van der Waals surface area contributed by atoms with Crippen LogP contribution in [0.15, 0.2) is 78.7 Å². The summed E-state index contributed by atoms with van der Waals surface area (Å²) in [5, 5.41) is 9.55. The summed E-state index contributed by atoms with van der Waals surface area (Å²) in [5.41, 5.74) is 2.20. The second kappa shape index (κ2) is 8.26. The molecule has 0 N–H and O–H groups in total. The van der Waals surface area contributed by atoms with E-state index in [1.54, 1.807) is 24.2 Å². The normalized spacial score (nSPS) is 11.0. The topological polar surface area (TPSA) is 43.6 Å². The smallest absolute Gasteiger partial charge is 0.192 e. The fourth-order valence-electron chi connectivity index (χ4n) is 2.27. The van der Waals surface area contributed by atoms with Crippen LogP contribution < -0.4 is 0 Å². The Morgan fingerprint density at radius 2 is 1.83 bits per heavy atom. The minimum Gasteiger partial charge on any atom is -0.298 e. The average molecular weight is 334 g/mol. The van der Waals surface area contributed by atoms with Gasteiger partial charge in [-0.25, -0.2) is 0 Å². The van der Waals surface area contributed by atoms with Gasteiger partial charge in [0.2, 0.25) is 0 Å². The van der Waals surface area contributed by atoms with Gasteiger partial charge >= 0.3 is 0 Å². The summed E-state index contributed by atoms with van der Waals surface area (Å²) in [6.45, 7) is 4.51. The van der Waals surface area contributed by atoms with E-state index in [0.717, 1.165) is 22.3 Å². The third-order valence-corrected chi connectivity index (χ3v) is 4.30. The number of allylic oxidation sites excluding steroid dienone is 1. The molecule has 0 fully saturated rings. The molecule has 2 aromatic heterocycles. The van der Waals surface area contributed by atoms with Crippen LogP contribution in [-0.4, -0.2) is 25.5 Å². The molecule has 3 aromatic rings. The van der Waals surface area contributed by atoms with Crippen molar-refractivity contribution in [1.29, 1.82) is 0 Å². The van der Waals surface area contributed by atoms with Gasteiger partial charge < -0.3 is 0 Å². The van der Waals surface area contributed by atoms with Gasteiger partial charge in [-0.3, -0.25) is 9.55 Å². The third kappa shape index (κ3) is 4.00. The second-order valence-corrected chi connectivity index (χ2v) is 6.05. The van der Waals surface area contributed by atoms with E-state index in [9.17, 15) is 0 Å². The highest BCUT2D eigenvalue weighted by Crippen LogP contribution is 2.23. The van der Waals surface area contributed by atoms with E-state index in [0.29, 0.717) is 6.54 Å². The molecule has 0 saturated carbocycles. The molecule has 5 heteroatoms. The van der Waals surface area contributed by atoms with Gasteiger partial charge in [0, 0.05) is 30.3 Å². The molecule has 24 heavy (non-hydrogen) atoms. The first-order chi connectivity index (χ1) is 11.9. The SMILES string of the molecule is C=CCn1c(SC/C=C/c2ccccc2)nnc1-c1ccncc1. The molecule has 0 aliphatic carbocycles. The van der Waals surface area contributed by atoms with Crippen molar-refractivity contribution in [3.8, 4) is 11.4 Å². The molecule has 0 bridgehead atoms. The monoisotopic (exact) mass is 334 g/mol. The lowest BCUT2D eigenvalue weighted by Gasteiger charge is -2.06. The first kappa shape index (κ1) is 16.2. The number of aromatic nitrogens is 4. The van der Waals surface area contributed by atoms with Gasteiger partial charge in [0.15, 0.2) is 11.0 Å². The maximum atomic E-state index is 4.33. The van der Waals surface area contributed by atoms with Gasteiger partial charge in [0.25, 0.3) is 0 Å². The van der Waals surface area contributed by atoms with E-state index in [1.165, 1.54) is 5.56 Å². The molecule has 0 unspecified atom stereocenters. The molecule has 3 rings (SSSR count). The van der Waals surface area contributed by atoms with E-state index in [2.05, 4.69) is 50.6 Å².